The van der Waals surface area contributed by atoms with E-state index >= 15 is 0 Å². The lowest BCUT2D eigenvalue weighted by Gasteiger charge is -2.19. The minimum atomic E-state index is 0.505. The van der Waals surface area contributed by atoms with Crippen LogP contribution in [0.2, 0.25) is 0 Å². The quantitative estimate of drug-likeness (QED) is 0.456. The van der Waals surface area contributed by atoms with Gasteiger partial charge in [0.2, 0.25) is 0 Å². The fourth-order valence-corrected chi connectivity index (χ4v) is 1.25. The van der Waals surface area contributed by atoms with Crippen LogP contribution >= 0.6 is 0 Å². The molecule has 1 aromatic rings. The topological polar surface area (TPSA) is 0 Å². The molecule has 0 unspecified atom stereocenters. The largest absolute Gasteiger partial charge is 0.729 e. The summed E-state index contributed by atoms with van der Waals surface area (Å²) in [6.07, 6.45) is 8.58. The van der Waals surface area contributed by atoms with Crippen molar-refractivity contribution in [3.63, 3.8) is 0 Å². The summed E-state index contributed by atoms with van der Waals surface area (Å²) in [5.74, 6) is 2.81. The molecule has 0 amide bonds. The van der Waals surface area contributed by atoms with E-state index in [1.807, 2.05) is 18.2 Å². The first-order chi connectivity index (χ1) is 5.75. The van der Waals surface area contributed by atoms with Gasteiger partial charge in [0, 0.05) is 0 Å². The summed E-state index contributed by atoms with van der Waals surface area (Å²) in [7, 11) is 0. The molecule has 0 aromatic heterocycles. The zero-order valence-electron chi connectivity index (χ0n) is 7.46. The van der Waals surface area contributed by atoms with Crippen LogP contribution in [-0.2, 0) is 0 Å². The SMILES string of the molecule is [C-]#C[CH-]c1ccccc1C(C)C. The molecule has 0 spiro atoms. The van der Waals surface area contributed by atoms with Gasteiger partial charge >= 0.3 is 0 Å². The molecule has 0 heteroatoms. The van der Waals surface area contributed by atoms with Crippen LogP contribution in [0.3, 0.4) is 0 Å². The Morgan fingerprint density at radius 2 is 2.00 bits per heavy atom. The average Bonchev–Trinajstić information content (AvgIpc) is 2.05. The predicted octanol–water partition coefficient (Wildman–Crippen LogP) is 2.95. The van der Waals surface area contributed by atoms with E-state index in [4.69, 9.17) is 6.42 Å². The first-order valence-electron chi connectivity index (χ1n) is 4.10. The van der Waals surface area contributed by atoms with Crippen LogP contribution in [-0.4, -0.2) is 0 Å². The van der Waals surface area contributed by atoms with Gasteiger partial charge in [-0.25, -0.2) is 0 Å². The molecule has 0 bridgehead atoms. The second-order valence-electron chi connectivity index (χ2n) is 3.07. The number of hydrogen-bond acceptors (Lipinski definition) is 0. The molecule has 1 aromatic carbocycles. The molecule has 0 aliphatic carbocycles. The molecule has 1 rings (SSSR count). The number of rotatable bonds is 2. The summed E-state index contributed by atoms with van der Waals surface area (Å²) in [4.78, 5) is 0. The lowest BCUT2D eigenvalue weighted by molar-refractivity contribution is 0.860. The highest BCUT2D eigenvalue weighted by Gasteiger charge is 1.97. The zero-order valence-corrected chi connectivity index (χ0v) is 7.46. The molecule has 0 fully saturated rings. The van der Waals surface area contributed by atoms with E-state index in [1.165, 1.54) is 5.56 Å². The van der Waals surface area contributed by atoms with Crippen LogP contribution in [0.5, 0.6) is 0 Å². The summed E-state index contributed by atoms with van der Waals surface area (Å²) < 4.78 is 0. The van der Waals surface area contributed by atoms with E-state index in [-0.39, 0.29) is 0 Å². The molecule has 0 saturated heterocycles. The van der Waals surface area contributed by atoms with Crippen molar-refractivity contribution in [2.45, 2.75) is 19.8 Å². The third-order valence-electron chi connectivity index (χ3n) is 1.85. The fourth-order valence-electron chi connectivity index (χ4n) is 1.25. The molecule has 0 atom stereocenters. The van der Waals surface area contributed by atoms with Crippen molar-refractivity contribution in [2.75, 3.05) is 0 Å². The van der Waals surface area contributed by atoms with Gasteiger partial charge in [0.25, 0.3) is 0 Å². The maximum absolute atomic E-state index is 6.87. The van der Waals surface area contributed by atoms with Crippen molar-refractivity contribution >= 4 is 0 Å². The smallest absolute Gasteiger partial charge is 0.0240 e. The Balaban J connectivity index is 3.02. The fraction of sp³-hybridized carbons (Fsp3) is 0.250. The van der Waals surface area contributed by atoms with Crippen molar-refractivity contribution in [2.24, 2.45) is 0 Å². The minimum Gasteiger partial charge on any atom is -0.729 e. The Bertz CT molecular complexity index is 289. The van der Waals surface area contributed by atoms with Gasteiger partial charge in [-0.15, -0.1) is 0 Å². The van der Waals surface area contributed by atoms with Crippen molar-refractivity contribution < 1.29 is 0 Å². The maximum Gasteiger partial charge on any atom is -0.0240 e. The van der Waals surface area contributed by atoms with Crippen molar-refractivity contribution in [1.82, 2.24) is 0 Å². The predicted molar refractivity (Wildman–Crippen MR) is 51.1 cm³/mol. The highest BCUT2D eigenvalue weighted by Crippen LogP contribution is 2.19. The standard InChI is InChI=1S/C12H12/c1-4-7-11-8-5-6-9-12(11)10(2)3/h5-10H,2-3H3/q-2. The van der Waals surface area contributed by atoms with E-state index in [0.29, 0.717) is 5.92 Å². The highest BCUT2D eigenvalue weighted by atomic mass is 14.1. The number of benzene rings is 1. The third kappa shape index (κ3) is 1.83. The third-order valence-corrected chi connectivity index (χ3v) is 1.85. The molecule has 0 radical (unpaired) electrons. The van der Waals surface area contributed by atoms with Crippen LogP contribution in [0.1, 0.15) is 30.9 Å². The Kier molecular flexibility index (Phi) is 2.82. The van der Waals surface area contributed by atoms with Crippen molar-refractivity contribution in [3.05, 3.63) is 48.2 Å². The van der Waals surface area contributed by atoms with Crippen molar-refractivity contribution in [3.8, 4) is 5.92 Å². The van der Waals surface area contributed by atoms with Crippen LogP contribution in [0.4, 0.5) is 0 Å². The first-order valence-corrected chi connectivity index (χ1v) is 4.10. The Hall–Kier alpha value is -1.35. The van der Waals surface area contributed by atoms with Crippen LogP contribution < -0.4 is 0 Å². The maximum atomic E-state index is 6.87. The summed E-state index contributed by atoms with van der Waals surface area (Å²) >= 11 is 0. The van der Waals surface area contributed by atoms with E-state index in [2.05, 4.69) is 25.8 Å². The minimum absolute atomic E-state index is 0.505. The van der Waals surface area contributed by atoms with Gasteiger partial charge in [-0.05, 0) is 5.92 Å². The molecule has 0 aliphatic heterocycles. The zero-order chi connectivity index (χ0) is 8.97. The second kappa shape index (κ2) is 3.88. The molecule has 12 heavy (non-hydrogen) atoms. The van der Waals surface area contributed by atoms with E-state index in [0.717, 1.165) is 5.56 Å². The summed E-state index contributed by atoms with van der Waals surface area (Å²) in [6.45, 7) is 4.30. The lowest BCUT2D eigenvalue weighted by Crippen LogP contribution is -1.93. The van der Waals surface area contributed by atoms with Gasteiger partial charge in [-0.1, -0.05) is 43.7 Å². The average molecular weight is 156 g/mol. The van der Waals surface area contributed by atoms with E-state index in [1.54, 1.807) is 6.42 Å². The summed E-state index contributed by atoms with van der Waals surface area (Å²) in [6, 6.07) is 8.11. The van der Waals surface area contributed by atoms with Gasteiger partial charge in [-0.2, -0.15) is 5.56 Å². The van der Waals surface area contributed by atoms with Gasteiger partial charge in [0.05, 0.1) is 0 Å². The van der Waals surface area contributed by atoms with Gasteiger partial charge in [0.1, 0.15) is 0 Å². The molecule has 0 nitrogen and oxygen atoms in total. The van der Waals surface area contributed by atoms with E-state index in [9.17, 15) is 0 Å². The Morgan fingerprint density at radius 3 is 2.58 bits per heavy atom. The Morgan fingerprint density at radius 1 is 1.33 bits per heavy atom. The molecular formula is C12H12-2. The molecule has 0 heterocycles. The van der Waals surface area contributed by atoms with Gasteiger partial charge in [-0.3, -0.25) is 0 Å². The van der Waals surface area contributed by atoms with Crippen molar-refractivity contribution in [1.29, 1.82) is 0 Å². The normalized spacial score (nSPS) is 9.50. The number of hydrogen-bond donors (Lipinski definition) is 0. The van der Waals surface area contributed by atoms with Crippen LogP contribution in [0.25, 0.3) is 0 Å². The van der Waals surface area contributed by atoms with E-state index < -0.39 is 0 Å². The van der Waals surface area contributed by atoms with Crippen LogP contribution in [0, 0.1) is 18.8 Å². The lowest BCUT2D eigenvalue weighted by atomic mass is 9.96. The summed E-state index contributed by atoms with van der Waals surface area (Å²) in [5, 5.41) is 0. The molecular weight excluding hydrogens is 144 g/mol. The molecule has 62 valence electrons. The molecule has 0 saturated carbocycles. The highest BCUT2D eigenvalue weighted by molar-refractivity contribution is 5.39. The van der Waals surface area contributed by atoms with Gasteiger partial charge in [0.15, 0.2) is 0 Å². The Labute approximate surface area is 74.6 Å². The first kappa shape index (κ1) is 8.74. The second-order valence-corrected chi connectivity index (χ2v) is 3.07. The molecule has 0 N–H and O–H groups in total. The van der Waals surface area contributed by atoms with Gasteiger partial charge < -0.3 is 18.8 Å². The molecule has 0 aliphatic rings. The summed E-state index contributed by atoms with van der Waals surface area (Å²) in [5.41, 5.74) is 2.37. The van der Waals surface area contributed by atoms with Crippen LogP contribution in [0.15, 0.2) is 24.3 Å². The monoisotopic (exact) mass is 156 g/mol.